The van der Waals surface area contributed by atoms with Gasteiger partial charge in [0.05, 0.1) is 11.9 Å². The van der Waals surface area contributed by atoms with Gasteiger partial charge in [-0.1, -0.05) is 105 Å². The molecule has 1 N–H and O–H groups in total. The summed E-state index contributed by atoms with van der Waals surface area (Å²) in [6, 6.07) is 23.2. The van der Waals surface area contributed by atoms with Crippen LogP contribution in [0, 0.1) is 0 Å². The van der Waals surface area contributed by atoms with Crippen LogP contribution < -0.4 is 9.62 Å². The molecule has 0 aliphatic heterocycles. The SMILES string of the molecule is CC(C)c1ccccc1N(CC(=O)N(Cc1ccc(Cl)cc1)[C@H](Cc1ccccc1)C(=O)NC1CCCCC1)S(C)(=O)=O. The first-order valence-electron chi connectivity index (χ1n) is 15.0. The van der Waals surface area contributed by atoms with Gasteiger partial charge in [0, 0.05) is 24.0 Å². The number of nitrogens with zero attached hydrogens (tertiary/aromatic N) is 2. The van der Waals surface area contributed by atoms with Crippen molar-refractivity contribution in [3.05, 3.63) is 101 Å². The number of anilines is 1. The van der Waals surface area contributed by atoms with Gasteiger partial charge in [0.2, 0.25) is 21.8 Å². The molecular weight excluding hydrogens is 582 g/mol. The highest BCUT2D eigenvalue weighted by Gasteiger charge is 2.34. The maximum atomic E-state index is 14.4. The first-order valence-corrected chi connectivity index (χ1v) is 17.2. The molecule has 0 heterocycles. The van der Waals surface area contributed by atoms with E-state index in [0.717, 1.165) is 59.4 Å². The minimum Gasteiger partial charge on any atom is -0.352 e. The number of rotatable bonds is 12. The number of sulfonamides is 1. The normalized spacial score (nSPS) is 14.7. The topological polar surface area (TPSA) is 86.8 Å². The highest BCUT2D eigenvalue weighted by atomic mass is 35.5. The van der Waals surface area contributed by atoms with Crippen molar-refractivity contribution in [3.8, 4) is 0 Å². The van der Waals surface area contributed by atoms with Crippen LogP contribution >= 0.6 is 11.6 Å². The molecule has 0 aromatic heterocycles. The quantitative estimate of drug-likeness (QED) is 0.256. The van der Waals surface area contributed by atoms with Crippen molar-refractivity contribution in [3.63, 3.8) is 0 Å². The van der Waals surface area contributed by atoms with E-state index < -0.39 is 28.5 Å². The zero-order chi connectivity index (χ0) is 31.0. The molecule has 1 atom stereocenters. The molecule has 4 rings (SSSR count). The average Bonchev–Trinajstić information content (AvgIpc) is 2.99. The Hall–Kier alpha value is -3.36. The molecule has 1 aliphatic carbocycles. The molecule has 0 unspecified atom stereocenters. The zero-order valence-corrected chi connectivity index (χ0v) is 26.8. The fraction of sp³-hybridized carbons (Fsp3) is 0.412. The maximum absolute atomic E-state index is 14.4. The van der Waals surface area contributed by atoms with Gasteiger partial charge in [-0.15, -0.1) is 0 Å². The van der Waals surface area contributed by atoms with Crippen LogP contribution in [-0.2, 0) is 32.6 Å². The predicted molar refractivity (Wildman–Crippen MR) is 174 cm³/mol. The van der Waals surface area contributed by atoms with Crippen LogP contribution in [0.15, 0.2) is 78.9 Å². The van der Waals surface area contributed by atoms with Gasteiger partial charge in [-0.2, -0.15) is 0 Å². The summed E-state index contributed by atoms with van der Waals surface area (Å²) < 4.78 is 27.5. The Labute approximate surface area is 261 Å². The van der Waals surface area contributed by atoms with Gasteiger partial charge in [0.1, 0.15) is 12.6 Å². The van der Waals surface area contributed by atoms with Crippen molar-refractivity contribution < 1.29 is 18.0 Å². The van der Waals surface area contributed by atoms with E-state index in [1.807, 2.05) is 68.4 Å². The number of carbonyl (C=O) groups excluding carboxylic acids is 2. The molecule has 1 saturated carbocycles. The van der Waals surface area contributed by atoms with Gasteiger partial charge in [-0.3, -0.25) is 13.9 Å². The van der Waals surface area contributed by atoms with E-state index in [0.29, 0.717) is 17.1 Å². The summed E-state index contributed by atoms with van der Waals surface area (Å²) in [5, 5.41) is 3.78. The molecule has 0 spiro atoms. The molecule has 230 valence electrons. The minimum absolute atomic E-state index is 0.0350. The van der Waals surface area contributed by atoms with E-state index >= 15 is 0 Å². The van der Waals surface area contributed by atoms with Crippen LogP contribution in [0.25, 0.3) is 0 Å². The van der Waals surface area contributed by atoms with Crippen LogP contribution in [0.3, 0.4) is 0 Å². The van der Waals surface area contributed by atoms with E-state index in [4.69, 9.17) is 11.6 Å². The summed E-state index contributed by atoms with van der Waals surface area (Å²) in [5.41, 5.74) is 2.98. The molecule has 0 saturated heterocycles. The van der Waals surface area contributed by atoms with E-state index in [-0.39, 0.29) is 24.4 Å². The Kier molecular flexibility index (Phi) is 11.3. The number of para-hydroxylation sites is 1. The smallest absolute Gasteiger partial charge is 0.244 e. The third kappa shape index (κ3) is 9.07. The number of halogens is 1. The molecule has 3 aromatic carbocycles. The predicted octanol–water partition coefficient (Wildman–Crippen LogP) is 6.32. The van der Waals surface area contributed by atoms with Crippen molar-refractivity contribution in [1.82, 2.24) is 10.2 Å². The minimum atomic E-state index is -3.84. The molecular formula is C34H42ClN3O4S. The molecule has 0 radical (unpaired) electrons. The monoisotopic (exact) mass is 623 g/mol. The van der Waals surface area contributed by atoms with Crippen LogP contribution in [-0.4, -0.2) is 50.0 Å². The van der Waals surface area contributed by atoms with Crippen molar-refractivity contribution >= 4 is 39.1 Å². The highest BCUT2D eigenvalue weighted by Crippen LogP contribution is 2.29. The molecule has 7 nitrogen and oxygen atoms in total. The third-order valence-corrected chi connectivity index (χ3v) is 9.37. The Morgan fingerprint density at radius 3 is 2.14 bits per heavy atom. The Morgan fingerprint density at radius 1 is 0.884 bits per heavy atom. The first kappa shape index (κ1) is 32.6. The number of amides is 2. The standard InChI is InChI=1S/C34H42ClN3O4S/c1-25(2)30-16-10-11-17-31(30)38(43(3,41)42)24-33(39)37(23-27-18-20-28(35)21-19-27)32(22-26-12-6-4-7-13-26)34(40)36-29-14-8-5-9-15-29/h4,6-7,10-13,16-21,25,29,32H,5,8-9,14-15,22-24H2,1-3H3,(H,36,40)/t32-/m1/s1. The van der Waals surface area contributed by atoms with Crippen LogP contribution in [0.1, 0.15) is 68.6 Å². The maximum Gasteiger partial charge on any atom is 0.244 e. The fourth-order valence-electron chi connectivity index (χ4n) is 5.68. The van der Waals surface area contributed by atoms with E-state index in [1.165, 1.54) is 4.90 Å². The Morgan fingerprint density at radius 2 is 1.51 bits per heavy atom. The fourth-order valence-corrected chi connectivity index (χ4v) is 6.68. The van der Waals surface area contributed by atoms with Crippen molar-refractivity contribution in [2.24, 2.45) is 0 Å². The molecule has 2 amide bonds. The number of hydrogen-bond donors (Lipinski definition) is 1. The molecule has 0 bridgehead atoms. The number of hydrogen-bond acceptors (Lipinski definition) is 4. The Balaban J connectivity index is 1.74. The molecule has 1 aliphatic rings. The summed E-state index contributed by atoms with van der Waals surface area (Å²) >= 11 is 6.15. The van der Waals surface area contributed by atoms with Gasteiger partial charge in [-0.05, 0) is 53.6 Å². The molecule has 43 heavy (non-hydrogen) atoms. The van der Waals surface area contributed by atoms with Gasteiger partial charge in [-0.25, -0.2) is 8.42 Å². The number of benzene rings is 3. The van der Waals surface area contributed by atoms with E-state index in [9.17, 15) is 18.0 Å². The summed E-state index contributed by atoms with van der Waals surface area (Å²) in [6.07, 6.45) is 6.48. The largest absolute Gasteiger partial charge is 0.352 e. The second-order valence-corrected chi connectivity index (χ2v) is 14.0. The highest BCUT2D eigenvalue weighted by molar-refractivity contribution is 7.92. The molecule has 3 aromatic rings. The van der Waals surface area contributed by atoms with E-state index in [2.05, 4.69) is 5.32 Å². The summed E-state index contributed by atoms with van der Waals surface area (Å²) in [5.74, 6) is -0.655. The Bertz CT molecular complexity index is 1470. The number of nitrogens with one attached hydrogen (secondary N) is 1. The van der Waals surface area contributed by atoms with Gasteiger partial charge in [0.15, 0.2) is 0 Å². The van der Waals surface area contributed by atoms with Crippen molar-refractivity contribution in [2.75, 3.05) is 17.1 Å². The summed E-state index contributed by atoms with van der Waals surface area (Å²) in [7, 11) is -3.84. The van der Waals surface area contributed by atoms with Gasteiger partial charge >= 0.3 is 0 Å². The second-order valence-electron chi connectivity index (χ2n) is 11.7. The summed E-state index contributed by atoms with van der Waals surface area (Å²) in [4.78, 5) is 29.9. The lowest BCUT2D eigenvalue weighted by atomic mass is 9.94. The third-order valence-electron chi connectivity index (χ3n) is 8.00. The van der Waals surface area contributed by atoms with Gasteiger partial charge < -0.3 is 10.2 Å². The van der Waals surface area contributed by atoms with Gasteiger partial charge in [0.25, 0.3) is 0 Å². The number of carbonyl (C=O) groups is 2. The lowest BCUT2D eigenvalue weighted by molar-refractivity contribution is -0.140. The van der Waals surface area contributed by atoms with Crippen LogP contribution in [0.5, 0.6) is 0 Å². The van der Waals surface area contributed by atoms with Crippen LogP contribution in [0.4, 0.5) is 5.69 Å². The lowest BCUT2D eigenvalue weighted by Gasteiger charge is -2.35. The first-order chi connectivity index (χ1) is 20.5. The zero-order valence-electron chi connectivity index (χ0n) is 25.2. The second kappa shape index (κ2) is 14.9. The van der Waals surface area contributed by atoms with Crippen LogP contribution in [0.2, 0.25) is 5.02 Å². The van der Waals surface area contributed by atoms with E-state index in [1.54, 1.807) is 24.3 Å². The lowest BCUT2D eigenvalue weighted by Crippen LogP contribution is -2.55. The average molecular weight is 624 g/mol. The van der Waals surface area contributed by atoms with Crippen molar-refractivity contribution in [2.45, 2.75) is 76.9 Å². The molecule has 1 fully saturated rings. The van der Waals surface area contributed by atoms with Crippen molar-refractivity contribution in [1.29, 1.82) is 0 Å². The molecule has 9 heteroatoms. The summed E-state index contributed by atoms with van der Waals surface area (Å²) in [6.45, 7) is 3.66.